The largest absolute Gasteiger partial charge is 0.488 e. The molecule has 2 heterocycles. The van der Waals surface area contributed by atoms with E-state index in [1.807, 2.05) is 49.4 Å². The van der Waals surface area contributed by atoms with Crippen LogP contribution in [0, 0.1) is 0 Å². The Balaban J connectivity index is 1.65. The fourth-order valence-corrected chi connectivity index (χ4v) is 2.35. The van der Waals surface area contributed by atoms with Gasteiger partial charge in [0.25, 0.3) is 5.91 Å². The van der Waals surface area contributed by atoms with Crippen molar-refractivity contribution in [3.63, 3.8) is 0 Å². The Morgan fingerprint density at radius 1 is 1.29 bits per heavy atom. The van der Waals surface area contributed by atoms with Gasteiger partial charge in [-0.1, -0.05) is 18.2 Å². The second-order valence-corrected chi connectivity index (χ2v) is 5.15. The Hall–Kier alpha value is -2.49. The molecule has 1 atom stereocenters. The Kier molecular flexibility index (Phi) is 3.77. The molecule has 0 saturated carbocycles. The van der Waals surface area contributed by atoms with Crippen molar-refractivity contribution in [1.29, 1.82) is 0 Å². The minimum Gasteiger partial charge on any atom is -0.488 e. The summed E-state index contributed by atoms with van der Waals surface area (Å²) < 4.78 is 10.9. The summed E-state index contributed by atoms with van der Waals surface area (Å²) in [5, 5.41) is 2.97. The Bertz CT molecular complexity index is 658. The summed E-state index contributed by atoms with van der Waals surface area (Å²) in [4.78, 5) is 12.3. The number of rotatable bonds is 4. The summed E-state index contributed by atoms with van der Waals surface area (Å²) in [7, 11) is 0. The van der Waals surface area contributed by atoms with E-state index in [-0.39, 0.29) is 11.9 Å². The third-order valence-corrected chi connectivity index (χ3v) is 3.39. The summed E-state index contributed by atoms with van der Waals surface area (Å²) in [6.45, 7) is 2.26. The van der Waals surface area contributed by atoms with Gasteiger partial charge >= 0.3 is 0 Å². The SMILES string of the molecule is CC(Cc1ccco1)NC(=O)C1=Cc2ccccc2OC1. The maximum atomic E-state index is 12.3. The van der Waals surface area contributed by atoms with Crippen molar-refractivity contribution >= 4 is 12.0 Å². The molecule has 0 aliphatic carbocycles. The van der Waals surface area contributed by atoms with Gasteiger partial charge in [-0.15, -0.1) is 0 Å². The molecule has 0 spiro atoms. The summed E-state index contributed by atoms with van der Waals surface area (Å²) in [5.41, 5.74) is 1.58. The van der Waals surface area contributed by atoms with Crippen LogP contribution in [0.4, 0.5) is 0 Å². The van der Waals surface area contributed by atoms with Gasteiger partial charge in [-0.25, -0.2) is 0 Å². The van der Waals surface area contributed by atoms with E-state index in [2.05, 4.69) is 5.32 Å². The average molecular weight is 283 g/mol. The number of para-hydroxylation sites is 1. The normalized spacial score (nSPS) is 14.6. The fraction of sp³-hybridized carbons (Fsp3) is 0.235. The zero-order chi connectivity index (χ0) is 14.7. The number of fused-ring (bicyclic) bond motifs is 1. The lowest BCUT2D eigenvalue weighted by molar-refractivity contribution is -0.118. The van der Waals surface area contributed by atoms with Crippen LogP contribution in [-0.2, 0) is 11.2 Å². The molecule has 0 fully saturated rings. The minimum atomic E-state index is -0.0939. The van der Waals surface area contributed by atoms with Gasteiger partial charge < -0.3 is 14.5 Å². The topological polar surface area (TPSA) is 51.5 Å². The van der Waals surface area contributed by atoms with Crippen molar-refractivity contribution in [3.8, 4) is 5.75 Å². The van der Waals surface area contributed by atoms with Gasteiger partial charge in [-0.2, -0.15) is 0 Å². The average Bonchev–Trinajstić information content (AvgIpc) is 2.99. The van der Waals surface area contributed by atoms with Crippen molar-refractivity contribution in [2.45, 2.75) is 19.4 Å². The molecule has 2 aromatic rings. The first kappa shape index (κ1) is 13.5. The van der Waals surface area contributed by atoms with E-state index in [9.17, 15) is 4.79 Å². The van der Waals surface area contributed by atoms with E-state index in [1.54, 1.807) is 6.26 Å². The summed E-state index contributed by atoms with van der Waals surface area (Å²) >= 11 is 0. The highest BCUT2D eigenvalue weighted by molar-refractivity contribution is 5.99. The molecule has 0 saturated heterocycles. The highest BCUT2D eigenvalue weighted by Crippen LogP contribution is 2.25. The summed E-state index contributed by atoms with van der Waals surface area (Å²) in [6.07, 6.45) is 4.19. The van der Waals surface area contributed by atoms with Crippen molar-refractivity contribution < 1.29 is 13.9 Å². The number of amides is 1. The van der Waals surface area contributed by atoms with Crippen LogP contribution in [-0.4, -0.2) is 18.6 Å². The second kappa shape index (κ2) is 5.87. The summed E-state index contributed by atoms with van der Waals surface area (Å²) in [5.74, 6) is 1.59. The lowest BCUT2D eigenvalue weighted by Crippen LogP contribution is -2.36. The van der Waals surface area contributed by atoms with E-state index in [0.29, 0.717) is 18.6 Å². The smallest absolute Gasteiger partial charge is 0.250 e. The number of carbonyl (C=O) groups excluding carboxylic acids is 1. The number of benzene rings is 1. The standard InChI is InChI=1S/C17H17NO3/c1-12(9-15-6-4-8-20-15)18-17(19)14-10-13-5-2-3-7-16(13)21-11-14/h2-8,10,12H,9,11H2,1H3,(H,18,19). The van der Waals surface area contributed by atoms with E-state index in [1.165, 1.54) is 0 Å². The lowest BCUT2D eigenvalue weighted by atomic mass is 10.1. The monoisotopic (exact) mass is 283 g/mol. The number of furan rings is 1. The van der Waals surface area contributed by atoms with Crippen LogP contribution in [0.5, 0.6) is 5.75 Å². The van der Waals surface area contributed by atoms with Gasteiger partial charge in [0.15, 0.2) is 0 Å². The number of hydrogen-bond acceptors (Lipinski definition) is 3. The zero-order valence-electron chi connectivity index (χ0n) is 11.8. The van der Waals surface area contributed by atoms with E-state index in [4.69, 9.17) is 9.15 Å². The second-order valence-electron chi connectivity index (χ2n) is 5.15. The molecular weight excluding hydrogens is 266 g/mol. The molecule has 1 unspecified atom stereocenters. The van der Waals surface area contributed by atoms with Crippen LogP contribution >= 0.6 is 0 Å². The van der Waals surface area contributed by atoms with Gasteiger partial charge in [0.05, 0.1) is 11.8 Å². The Morgan fingerprint density at radius 3 is 2.95 bits per heavy atom. The van der Waals surface area contributed by atoms with Gasteiger partial charge in [-0.3, -0.25) is 4.79 Å². The third kappa shape index (κ3) is 3.16. The molecule has 1 aliphatic heterocycles. The summed E-state index contributed by atoms with van der Waals surface area (Å²) in [6, 6.07) is 11.4. The molecule has 1 N–H and O–H groups in total. The number of carbonyl (C=O) groups is 1. The predicted octanol–water partition coefficient (Wildman–Crippen LogP) is 2.80. The van der Waals surface area contributed by atoms with Crippen molar-refractivity contribution in [2.75, 3.05) is 6.61 Å². The molecule has 4 heteroatoms. The zero-order valence-corrected chi connectivity index (χ0v) is 11.8. The molecule has 108 valence electrons. The van der Waals surface area contributed by atoms with Crippen molar-refractivity contribution in [1.82, 2.24) is 5.32 Å². The maximum Gasteiger partial charge on any atom is 0.250 e. The molecule has 0 bridgehead atoms. The van der Waals surface area contributed by atoms with E-state index < -0.39 is 0 Å². The van der Waals surface area contributed by atoms with Crippen LogP contribution in [0.1, 0.15) is 18.2 Å². The number of ether oxygens (including phenoxy) is 1. The highest BCUT2D eigenvalue weighted by Gasteiger charge is 2.18. The lowest BCUT2D eigenvalue weighted by Gasteiger charge is -2.19. The van der Waals surface area contributed by atoms with Crippen LogP contribution in [0.3, 0.4) is 0 Å². The van der Waals surface area contributed by atoms with Gasteiger partial charge in [-0.05, 0) is 31.2 Å². The molecule has 1 aromatic heterocycles. The van der Waals surface area contributed by atoms with Gasteiger partial charge in [0.1, 0.15) is 18.1 Å². The fourth-order valence-electron chi connectivity index (χ4n) is 2.35. The first-order valence-electron chi connectivity index (χ1n) is 6.98. The Morgan fingerprint density at radius 2 is 2.14 bits per heavy atom. The molecule has 1 aromatic carbocycles. The molecule has 4 nitrogen and oxygen atoms in total. The first-order chi connectivity index (χ1) is 10.2. The van der Waals surface area contributed by atoms with Crippen LogP contribution in [0.15, 0.2) is 52.7 Å². The molecule has 0 radical (unpaired) electrons. The van der Waals surface area contributed by atoms with Crippen LogP contribution in [0.25, 0.3) is 6.08 Å². The van der Waals surface area contributed by atoms with Gasteiger partial charge in [0, 0.05) is 18.0 Å². The molecule has 1 amide bonds. The first-order valence-corrected chi connectivity index (χ1v) is 6.98. The maximum absolute atomic E-state index is 12.3. The van der Waals surface area contributed by atoms with E-state index >= 15 is 0 Å². The number of hydrogen-bond donors (Lipinski definition) is 1. The highest BCUT2D eigenvalue weighted by atomic mass is 16.5. The van der Waals surface area contributed by atoms with Crippen molar-refractivity contribution in [3.05, 3.63) is 59.6 Å². The molecule has 1 aliphatic rings. The quantitative estimate of drug-likeness (QED) is 0.938. The molecule has 3 rings (SSSR count). The molecule has 21 heavy (non-hydrogen) atoms. The van der Waals surface area contributed by atoms with Gasteiger partial charge in [0.2, 0.25) is 0 Å². The van der Waals surface area contributed by atoms with Crippen LogP contribution < -0.4 is 10.1 Å². The predicted molar refractivity (Wildman–Crippen MR) is 79.9 cm³/mol. The van der Waals surface area contributed by atoms with Crippen molar-refractivity contribution in [2.24, 2.45) is 0 Å². The van der Waals surface area contributed by atoms with E-state index in [0.717, 1.165) is 17.1 Å². The minimum absolute atomic E-state index is 0.00159. The molecular formula is C17H17NO3. The van der Waals surface area contributed by atoms with Crippen LogP contribution in [0.2, 0.25) is 0 Å². The third-order valence-electron chi connectivity index (χ3n) is 3.39. The number of nitrogens with one attached hydrogen (secondary N) is 1. The Labute approximate surface area is 123 Å².